The van der Waals surface area contributed by atoms with Crippen molar-refractivity contribution in [3.05, 3.63) is 28.2 Å². The van der Waals surface area contributed by atoms with Crippen molar-refractivity contribution in [2.75, 3.05) is 18.6 Å². The average Bonchev–Trinajstić information content (AvgIpc) is 2.92. The maximum Gasteiger partial charge on any atom is 0.339 e. The first kappa shape index (κ1) is 14.4. The van der Waals surface area contributed by atoms with E-state index in [4.69, 9.17) is 4.74 Å². The van der Waals surface area contributed by atoms with Gasteiger partial charge in [0.25, 0.3) is 0 Å². The molecule has 1 aliphatic rings. The molecule has 0 aliphatic heterocycles. The summed E-state index contributed by atoms with van der Waals surface area (Å²) in [5.74, 6) is -0.268. The van der Waals surface area contributed by atoms with E-state index < -0.39 is 0 Å². The SMILES string of the molecule is CCOC(=O)c1cccc(N(C)C2CCCC2)c1Br. The van der Waals surface area contributed by atoms with Crippen LogP contribution in [-0.2, 0) is 4.74 Å². The number of carbonyl (C=O) groups is 1. The predicted molar refractivity (Wildman–Crippen MR) is 80.8 cm³/mol. The normalized spacial score (nSPS) is 15.5. The van der Waals surface area contributed by atoms with E-state index in [1.165, 1.54) is 25.7 Å². The van der Waals surface area contributed by atoms with Gasteiger partial charge in [0.2, 0.25) is 0 Å². The third kappa shape index (κ3) is 3.11. The van der Waals surface area contributed by atoms with E-state index in [1.54, 1.807) is 6.07 Å². The molecule has 0 bridgehead atoms. The van der Waals surface area contributed by atoms with Gasteiger partial charge in [0, 0.05) is 13.1 Å². The minimum absolute atomic E-state index is 0.268. The molecule has 2 rings (SSSR count). The Balaban J connectivity index is 2.25. The van der Waals surface area contributed by atoms with Gasteiger partial charge in [-0.1, -0.05) is 18.9 Å². The molecule has 1 aromatic rings. The fraction of sp³-hybridized carbons (Fsp3) is 0.533. The lowest BCUT2D eigenvalue weighted by Gasteiger charge is -2.28. The third-order valence-corrected chi connectivity index (χ3v) is 4.56. The van der Waals surface area contributed by atoms with Crippen LogP contribution in [0.5, 0.6) is 0 Å². The van der Waals surface area contributed by atoms with E-state index in [0.717, 1.165) is 10.2 Å². The minimum Gasteiger partial charge on any atom is -0.462 e. The van der Waals surface area contributed by atoms with Crippen molar-refractivity contribution < 1.29 is 9.53 Å². The summed E-state index contributed by atoms with van der Waals surface area (Å²) in [5, 5.41) is 0. The Bertz CT molecular complexity index is 455. The van der Waals surface area contributed by atoms with Gasteiger partial charge in [0.15, 0.2) is 0 Å². The summed E-state index contributed by atoms with van der Waals surface area (Å²) >= 11 is 3.56. The second-order valence-corrected chi connectivity index (χ2v) is 5.70. The molecule has 1 fully saturated rings. The number of anilines is 1. The second kappa shape index (κ2) is 6.42. The highest BCUT2D eigenvalue weighted by Gasteiger charge is 2.23. The summed E-state index contributed by atoms with van der Waals surface area (Å²) < 4.78 is 5.92. The maximum absolute atomic E-state index is 11.9. The average molecular weight is 326 g/mol. The van der Waals surface area contributed by atoms with Crippen LogP contribution in [0.4, 0.5) is 5.69 Å². The van der Waals surface area contributed by atoms with Crippen molar-refractivity contribution in [1.29, 1.82) is 0 Å². The quantitative estimate of drug-likeness (QED) is 0.783. The summed E-state index contributed by atoms with van der Waals surface area (Å²) in [5.41, 5.74) is 1.67. The van der Waals surface area contributed by atoms with Crippen molar-refractivity contribution in [3.63, 3.8) is 0 Å². The zero-order chi connectivity index (χ0) is 13.8. The van der Waals surface area contributed by atoms with Crippen LogP contribution in [0.2, 0.25) is 0 Å². The minimum atomic E-state index is -0.268. The van der Waals surface area contributed by atoms with Crippen LogP contribution < -0.4 is 4.90 Å². The first-order chi connectivity index (χ1) is 9.15. The molecule has 3 nitrogen and oxygen atoms in total. The Morgan fingerprint density at radius 3 is 2.74 bits per heavy atom. The van der Waals surface area contributed by atoms with E-state index in [2.05, 4.69) is 27.9 Å². The molecule has 0 amide bonds. The van der Waals surface area contributed by atoms with Gasteiger partial charge >= 0.3 is 5.97 Å². The second-order valence-electron chi connectivity index (χ2n) is 4.91. The summed E-state index contributed by atoms with van der Waals surface area (Å²) in [4.78, 5) is 14.2. The monoisotopic (exact) mass is 325 g/mol. The summed E-state index contributed by atoms with van der Waals surface area (Å²) in [6.07, 6.45) is 5.05. The zero-order valence-corrected chi connectivity index (χ0v) is 13.1. The van der Waals surface area contributed by atoms with Crippen molar-refractivity contribution in [3.8, 4) is 0 Å². The van der Waals surface area contributed by atoms with Gasteiger partial charge in [-0.25, -0.2) is 4.79 Å². The van der Waals surface area contributed by atoms with Gasteiger partial charge < -0.3 is 9.64 Å². The fourth-order valence-corrected chi connectivity index (χ4v) is 3.35. The van der Waals surface area contributed by atoms with Crippen LogP contribution in [0.1, 0.15) is 43.0 Å². The highest BCUT2D eigenvalue weighted by molar-refractivity contribution is 9.10. The summed E-state index contributed by atoms with van der Waals surface area (Å²) in [6, 6.07) is 6.34. The molecular weight excluding hydrogens is 306 g/mol. The molecule has 0 saturated heterocycles. The maximum atomic E-state index is 11.9. The summed E-state index contributed by atoms with van der Waals surface area (Å²) in [7, 11) is 2.10. The first-order valence-electron chi connectivity index (χ1n) is 6.83. The molecule has 1 aromatic carbocycles. The van der Waals surface area contributed by atoms with E-state index in [1.807, 2.05) is 19.1 Å². The lowest BCUT2D eigenvalue weighted by Crippen LogP contribution is -2.29. The summed E-state index contributed by atoms with van der Waals surface area (Å²) in [6.45, 7) is 2.22. The largest absolute Gasteiger partial charge is 0.462 e. The van der Waals surface area contributed by atoms with Gasteiger partial charge in [-0.05, 0) is 47.8 Å². The Morgan fingerprint density at radius 1 is 1.42 bits per heavy atom. The van der Waals surface area contributed by atoms with Crippen LogP contribution >= 0.6 is 15.9 Å². The lowest BCUT2D eigenvalue weighted by molar-refractivity contribution is 0.0525. The molecule has 104 valence electrons. The zero-order valence-electron chi connectivity index (χ0n) is 11.5. The van der Waals surface area contributed by atoms with E-state index in [-0.39, 0.29) is 5.97 Å². The van der Waals surface area contributed by atoms with Gasteiger partial charge in [-0.2, -0.15) is 0 Å². The number of halogens is 1. The van der Waals surface area contributed by atoms with Gasteiger partial charge in [0.05, 0.1) is 22.3 Å². The van der Waals surface area contributed by atoms with Crippen molar-refractivity contribution in [2.24, 2.45) is 0 Å². The number of esters is 1. The number of nitrogens with zero attached hydrogens (tertiary/aromatic N) is 1. The molecule has 0 radical (unpaired) electrons. The van der Waals surface area contributed by atoms with Crippen molar-refractivity contribution in [1.82, 2.24) is 0 Å². The molecule has 1 saturated carbocycles. The smallest absolute Gasteiger partial charge is 0.339 e. The molecule has 19 heavy (non-hydrogen) atoms. The highest BCUT2D eigenvalue weighted by Crippen LogP contribution is 2.34. The molecule has 0 atom stereocenters. The fourth-order valence-electron chi connectivity index (χ4n) is 2.65. The van der Waals surface area contributed by atoms with Crippen LogP contribution in [0.25, 0.3) is 0 Å². The van der Waals surface area contributed by atoms with Gasteiger partial charge in [0.1, 0.15) is 0 Å². The van der Waals surface area contributed by atoms with Gasteiger partial charge in [-0.15, -0.1) is 0 Å². The Kier molecular flexibility index (Phi) is 4.86. The number of hydrogen-bond acceptors (Lipinski definition) is 3. The van der Waals surface area contributed by atoms with Crippen molar-refractivity contribution in [2.45, 2.75) is 38.6 Å². The van der Waals surface area contributed by atoms with E-state index in [9.17, 15) is 4.79 Å². The number of ether oxygens (including phenoxy) is 1. The van der Waals surface area contributed by atoms with E-state index >= 15 is 0 Å². The first-order valence-corrected chi connectivity index (χ1v) is 7.63. The topological polar surface area (TPSA) is 29.5 Å². The Morgan fingerprint density at radius 2 is 2.11 bits per heavy atom. The number of rotatable bonds is 4. The number of hydrogen-bond donors (Lipinski definition) is 0. The molecule has 4 heteroatoms. The molecule has 0 N–H and O–H groups in total. The lowest BCUT2D eigenvalue weighted by atomic mass is 10.1. The van der Waals surface area contributed by atoms with Crippen LogP contribution in [0.15, 0.2) is 22.7 Å². The van der Waals surface area contributed by atoms with Crippen LogP contribution in [0.3, 0.4) is 0 Å². The van der Waals surface area contributed by atoms with Crippen molar-refractivity contribution >= 4 is 27.6 Å². The number of carbonyl (C=O) groups excluding carboxylic acids is 1. The third-order valence-electron chi connectivity index (χ3n) is 3.73. The van der Waals surface area contributed by atoms with Gasteiger partial charge in [-0.3, -0.25) is 0 Å². The molecule has 1 aliphatic carbocycles. The standard InChI is InChI=1S/C15H20BrNO2/c1-3-19-15(18)12-9-6-10-13(14(12)16)17(2)11-7-4-5-8-11/h6,9-11H,3-5,7-8H2,1-2H3. The highest BCUT2D eigenvalue weighted by atomic mass is 79.9. The number of benzene rings is 1. The molecular formula is C15H20BrNO2. The molecule has 0 aromatic heterocycles. The molecule has 0 spiro atoms. The molecule has 0 unspecified atom stereocenters. The molecule has 0 heterocycles. The van der Waals surface area contributed by atoms with Crippen LogP contribution in [-0.4, -0.2) is 25.7 Å². The van der Waals surface area contributed by atoms with E-state index in [0.29, 0.717) is 18.2 Å². The van der Waals surface area contributed by atoms with Crippen LogP contribution in [0, 0.1) is 0 Å². The Hall–Kier alpha value is -1.03. The Labute approximate surface area is 123 Å². The predicted octanol–water partition coefficient (Wildman–Crippen LogP) is 4.00.